The molecule has 17 nitrogen and oxygen atoms in total. The van der Waals surface area contributed by atoms with E-state index in [2.05, 4.69) is 50.6 Å². The number of nitrogen functional groups attached to an aromatic ring is 1. The number of nitrogens with one attached hydrogen (secondary N) is 4. The number of aromatic nitrogens is 4. The molecule has 0 radical (unpaired) electrons. The zero-order valence-electron chi connectivity index (χ0n) is 35.2. The molecule has 0 spiro atoms. The lowest BCUT2D eigenvalue weighted by Crippen LogP contribution is -2.46. The number of H-pyrrole nitrogens is 1. The highest BCUT2D eigenvalue weighted by Gasteiger charge is 2.19. The standard InChI is InChI=1S/C44H57N11O6/c1-4-32-26-38-39(52-42(32)56)25-31(27-48-38)30-54-15-17-55(18-16-54)34-9-11-36(49-29-34)43(57)46-13-20-59-23-24-60-21-14-47-44(58)37-12-10-35(45)41(51-37)50-28-33-7-5-6-8-40(33)61-22-19-53(2)3/h5-12,25-27,29H,4,13-24,28,30,45H2,1-3H3,(H,46,57)(H,47,58)(H,50,51)(H,52,56). The Morgan fingerprint density at radius 2 is 1.56 bits per heavy atom. The first-order chi connectivity index (χ1) is 29.7. The van der Waals surface area contributed by atoms with Crippen LogP contribution < -0.4 is 36.9 Å². The fourth-order valence-electron chi connectivity index (χ4n) is 6.67. The maximum absolute atomic E-state index is 12.8. The summed E-state index contributed by atoms with van der Waals surface area (Å²) < 4.78 is 17.1. The summed E-state index contributed by atoms with van der Waals surface area (Å²) in [7, 11) is 3.99. The van der Waals surface area contributed by atoms with Gasteiger partial charge in [0.05, 0.1) is 55.0 Å². The summed E-state index contributed by atoms with van der Waals surface area (Å²) in [5.74, 6) is 0.578. The number of carbonyl (C=O) groups excluding carboxylic acids is 2. The molecule has 1 fully saturated rings. The predicted molar refractivity (Wildman–Crippen MR) is 236 cm³/mol. The number of ether oxygens (including phenoxy) is 3. The molecule has 1 aliphatic rings. The number of para-hydroxylation sites is 1. The summed E-state index contributed by atoms with van der Waals surface area (Å²) >= 11 is 0. The molecule has 6 N–H and O–H groups in total. The molecule has 0 aliphatic carbocycles. The number of amides is 2. The van der Waals surface area contributed by atoms with Gasteiger partial charge in [-0.2, -0.15) is 0 Å². The molecule has 61 heavy (non-hydrogen) atoms. The molecule has 6 rings (SSSR count). The first-order valence-corrected chi connectivity index (χ1v) is 20.7. The molecule has 5 aromatic rings. The Balaban J connectivity index is 0.810. The third kappa shape index (κ3) is 13.2. The van der Waals surface area contributed by atoms with E-state index in [-0.39, 0.29) is 29.6 Å². The van der Waals surface area contributed by atoms with Gasteiger partial charge < -0.3 is 50.7 Å². The third-order valence-corrected chi connectivity index (χ3v) is 10.1. The fraction of sp³-hybridized carbons (Fsp3) is 0.409. The number of benzene rings is 1. The van der Waals surface area contributed by atoms with Gasteiger partial charge in [-0.3, -0.25) is 24.3 Å². The second kappa shape index (κ2) is 22.5. The van der Waals surface area contributed by atoms with Crippen molar-refractivity contribution >= 4 is 40.0 Å². The molecule has 324 valence electrons. The largest absolute Gasteiger partial charge is 0.492 e. The van der Waals surface area contributed by atoms with E-state index in [1.54, 1.807) is 24.4 Å². The summed E-state index contributed by atoms with van der Waals surface area (Å²) in [6.07, 6.45) is 4.30. The number of aromatic amines is 1. The van der Waals surface area contributed by atoms with Gasteiger partial charge in [0.1, 0.15) is 29.6 Å². The molecule has 5 heterocycles. The van der Waals surface area contributed by atoms with Crippen LogP contribution in [0.15, 0.2) is 77.9 Å². The highest BCUT2D eigenvalue weighted by atomic mass is 16.5. The monoisotopic (exact) mass is 835 g/mol. The molecule has 4 aromatic heterocycles. The Morgan fingerprint density at radius 3 is 2.26 bits per heavy atom. The van der Waals surface area contributed by atoms with E-state index in [4.69, 9.17) is 19.9 Å². The predicted octanol–water partition coefficient (Wildman–Crippen LogP) is 2.93. The lowest BCUT2D eigenvalue weighted by molar-refractivity contribution is 0.0485. The van der Waals surface area contributed by atoms with Crippen molar-refractivity contribution in [1.29, 1.82) is 0 Å². The number of nitrogens with two attached hydrogens (primary N) is 1. The Kier molecular flexibility index (Phi) is 16.4. The highest BCUT2D eigenvalue weighted by molar-refractivity contribution is 5.93. The quantitative estimate of drug-likeness (QED) is 0.0637. The topological polar surface area (TPSA) is 205 Å². The van der Waals surface area contributed by atoms with Gasteiger partial charge in [-0.1, -0.05) is 25.1 Å². The SMILES string of the molecule is CCc1cc2ncc(CN3CCN(c4ccc(C(=O)NCCOCCOCCNC(=O)c5ccc(N)c(NCc6ccccc6OCCN(C)C)n5)nc4)CC3)cc2[nH]c1=O. The number of anilines is 3. The van der Waals surface area contributed by atoms with Crippen LogP contribution in [0.2, 0.25) is 0 Å². The normalized spacial score (nSPS) is 13.1. The summed E-state index contributed by atoms with van der Waals surface area (Å²) in [5, 5.41) is 8.88. The van der Waals surface area contributed by atoms with E-state index in [1.807, 2.05) is 69.7 Å². The lowest BCUT2D eigenvalue weighted by atomic mass is 10.1. The van der Waals surface area contributed by atoms with Crippen molar-refractivity contribution in [3.63, 3.8) is 0 Å². The zero-order chi connectivity index (χ0) is 43.0. The number of likely N-dealkylation sites (N-methyl/N-ethyl adjacent to an activating group) is 1. The Hall–Kier alpha value is -6.14. The van der Waals surface area contributed by atoms with E-state index in [0.717, 1.165) is 78.4 Å². The maximum atomic E-state index is 12.8. The van der Waals surface area contributed by atoms with Gasteiger partial charge in [0, 0.05) is 76.2 Å². The minimum absolute atomic E-state index is 0.0565. The molecular weight excluding hydrogens is 779 g/mol. The van der Waals surface area contributed by atoms with Crippen molar-refractivity contribution in [1.82, 2.24) is 40.4 Å². The average Bonchev–Trinajstić information content (AvgIpc) is 3.27. The van der Waals surface area contributed by atoms with E-state index >= 15 is 0 Å². The molecule has 0 unspecified atom stereocenters. The molecular formula is C44H57N11O6. The summed E-state index contributed by atoms with van der Waals surface area (Å²) in [4.78, 5) is 60.8. The van der Waals surface area contributed by atoms with Crippen LogP contribution in [0.3, 0.4) is 0 Å². The molecule has 1 aliphatic heterocycles. The zero-order valence-corrected chi connectivity index (χ0v) is 35.2. The molecule has 0 bridgehead atoms. The number of fused-ring (bicyclic) bond motifs is 1. The second-order valence-corrected chi connectivity index (χ2v) is 14.9. The van der Waals surface area contributed by atoms with Crippen molar-refractivity contribution in [3.05, 3.63) is 111 Å². The minimum Gasteiger partial charge on any atom is -0.492 e. The smallest absolute Gasteiger partial charge is 0.270 e. The van der Waals surface area contributed by atoms with Gasteiger partial charge in [-0.25, -0.2) is 9.97 Å². The first-order valence-electron chi connectivity index (χ1n) is 20.7. The number of hydrogen-bond donors (Lipinski definition) is 5. The van der Waals surface area contributed by atoms with Crippen molar-refractivity contribution in [2.24, 2.45) is 0 Å². The average molecular weight is 836 g/mol. The minimum atomic E-state index is -0.341. The number of hydrogen-bond acceptors (Lipinski definition) is 14. The van der Waals surface area contributed by atoms with Gasteiger partial charge in [0.2, 0.25) is 0 Å². The van der Waals surface area contributed by atoms with Crippen molar-refractivity contribution in [3.8, 4) is 5.75 Å². The van der Waals surface area contributed by atoms with E-state index in [0.29, 0.717) is 69.7 Å². The van der Waals surface area contributed by atoms with Gasteiger partial charge in [0.25, 0.3) is 17.4 Å². The van der Waals surface area contributed by atoms with Crippen LogP contribution in [-0.4, -0.2) is 134 Å². The maximum Gasteiger partial charge on any atom is 0.270 e. The summed E-state index contributed by atoms with van der Waals surface area (Å²) in [6, 6.07) is 18.5. The summed E-state index contributed by atoms with van der Waals surface area (Å²) in [5.41, 5.74) is 12.4. The number of carbonyl (C=O) groups is 2. The molecule has 1 aromatic carbocycles. The second-order valence-electron chi connectivity index (χ2n) is 14.9. The number of piperazine rings is 1. The van der Waals surface area contributed by atoms with E-state index in [1.165, 1.54) is 0 Å². The number of pyridine rings is 4. The Morgan fingerprint density at radius 1 is 0.836 bits per heavy atom. The van der Waals surface area contributed by atoms with Crippen LogP contribution in [0, 0.1) is 0 Å². The third-order valence-electron chi connectivity index (χ3n) is 10.1. The van der Waals surface area contributed by atoms with Crippen LogP contribution in [0.25, 0.3) is 11.0 Å². The molecule has 0 atom stereocenters. The molecule has 17 heteroatoms. The van der Waals surface area contributed by atoms with Crippen LogP contribution in [0.4, 0.5) is 17.2 Å². The van der Waals surface area contributed by atoms with Crippen LogP contribution in [0.1, 0.15) is 44.6 Å². The van der Waals surface area contributed by atoms with Crippen molar-refractivity contribution < 1.29 is 23.8 Å². The van der Waals surface area contributed by atoms with E-state index < -0.39 is 0 Å². The Labute approximate surface area is 356 Å². The Bertz CT molecular complexity index is 2260. The van der Waals surface area contributed by atoms with Gasteiger partial charge in [0.15, 0.2) is 0 Å². The number of nitrogens with zero attached hydrogens (tertiary/aromatic N) is 6. The van der Waals surface area contributed by atoms with Gasteiger partial charge in [-0.05, 0) is 68.5 Å². The van der Waals surface area contributed by atoms with Crippen LogP contribution in [-0.2, 0) is 29.0 Å². The molecule has 2 amide bonds. The van der Waals surface area contributed by atoms with Crippen molar-refractivity contribution in [2.45, 2.75) is 26.4 Å². The number of rotatable bonds is 22. The van der Waals surface area contributed by atoms with Crippen LogP contribution in [0.5, 0.6) is 5.75 Å². The summed E-state index contributed by atoms with van der Waals surface area (Å²) in [6.45, 7) is 9.76. The van der Waals surface area contributed by atoms with Crippen LogP contribution >= 0.6 is 0 Å². The molecule has 1 saturated heterocycles. The van der Waals surface area contributed by atoms with Gasteiger partial charge in [-0.15, -0.1) is 0 Å². The van der Waals surface area contributed by atoms with E-state index in [9.17, 15) is 14.4 Å². The fourth-order valence-corrected chi connectivity index (χ4v) is 6.67. The first kappa shape index (κ1) is 44.4. The number of aryl methyl sites for hydroxylation is 1. The van der Waals surface area contributed by atoms with Gasteiger partial charge >= 0.3 is 0 Å². The molecule has 0 saturated carbocycles. The lowest BCUT2D eigenvalue weighted by Gasteiger charge is -2.36. The highest BCUT2D eigenvalue weighted by Crippen LogP contribution is 2.22. The van der Waals surface area contributed by atoms with Crippen molar-refractivity contribution in [2.75, 3.05) is 109 Å².